The molecule has 0 aliphatic heterocycles. The molecule has 0 aliphatic carbocycles. The number of aromatic nitrogens is 6. The summed E-state index contributed by atoms with van der Waals surface area (Å²) < 4.78 is 6.09. The van der Waals surface area contributed by atoms with E-state index in [0.29, 0.717) is 27.5 Å². The number of halogens is 2. The maximum Gasteiger partial charge on any atom is 0.309 e. The molecular formula is C26H21Cl2N7O5. The number of nitrogens with one attached hydrogen (secondary N) is 1. The van der Waals surface area contributed by atoms with E-state index in [4.69, 9.17) is 23.2 Å². The summed E-state index contributed by atoms with van der Waals surface area (Å²) in [4.78, 5) is 36.1. The third kappa shape index (κ3) is 7.24. The van der Waals surface area contributed by atoms with Crippen LogP contribution in [0.4, 0.5) is 0 Å². The molecule has 4 aromatic rings. The number of tetrazole rings is 1. The summed E-state index contributed by atoms with van der Waals surface area (Å²) in [6, 6.07) is 12.5. The second-order valence-corrected chi connectivity index (χ2v) is 9.17. The average Bonchev–Trinajstić information content (AvgIpc) is 3.47. The van der Waals surface area contributed by atoms with Crippen molar-refractivity contribution >= 4 is 47.1 Å². The maximum atomic E-state index is 12.9. The van der Waals surface area contributed by atoms with Gasteiger partial charge in [-0.1, -0.05) is 47.5 Å². The third-order valence-corrected chi connectivity index (χ3v) is 6.20. The lowest BCUT2D eigenvalue weighted by Gasteiger charge is -2.18. The first-order valence-corrected chi connectivity index (χ1v) is 12.4. The van der Waals surface area contributed by atoms with E-state index in [-0.39, 0.29) is 23.1 Å². The van der Waals surface area contributed by atoms with Gasteiger partial charge in [0.05, 0.1) is 37.4 Å². The van der Waals surface area contributed by atoms with Crippen molar-refractivity contribution in [3.63, 3.8) is 0 Å². The summed E-state index contributed by atoms with van der Waals surface area (Å²) >= 11 is 12.4. The van der Waals surface area contributed by atoms with Crippen LogP contribution in [0, 0.1) is 0 Å². The van der Waals surface area contributed by atoms with Crippen LogP contribution in [0.25, 0.3) is 23.0 Å². The number of amides is 1. The van der Waals surface area contributed by atoms with Crippen LogP contribution in [0.2, 0.25) is 10.2 Å². The van der Waals surface area contributed by atoms with Gasteiger partial charge in [-0.15, -0.1) is 15.3 Å². The highest BCUT2D eigenvalue weighted by Crippen LogP contribution is 2.28. The van der Waals surface area contributed by atoms with Crippen LogP contribution in [-0.4, -0.2) is 60.5 Å². The molecule has 0 spiro atoms. The summed E-state index contributed by atoms with van der Waals surface area (Å²) in [6.07, 6.45) is 3.78. The normalized spacial score (nSPS) is 11.8. The number of aliphatic carboxylic acids is 1. The Morgan fingerprint density at radius 1 is 1.10 bits per heavy atom. The first-order valence-electron chi connectivity index (χ1n) is 11.7. The highest BCUT2D eigenvalue weighted by atomic mass is 35.5. The number of carboxylic acid groups (broad SMARTS) is 1. The first-order chi connectivity index (χ1) is 19.2. The Labute approximate surface area is 237 Å². The van der Waals surface area contributed by atoms with Crippen LogP contribution in [0.15, 0.2) is 60.9 Å². The number of hydrogen-bond acceptors (Lipinski definition) is 9. The number of carbonyl (C=O) groups excluding carboxylic acids is 2. The van der Waals surface area contributed by atoms with E-state index in [1.165, 1.54) is 30.3 Å². The van der Waals surface area contributed by atoms with Crippen LogP contribution in [0.1, 0.15) is 29.2 Å². The molecule has 0 saturated heterocycles. The van der Waals surface area contributed by atoms with Gasteiger partial charge in [0, 0.05) is 27.8 Å². The number of rotatable bonds is 10. The molecule has 4 rings (SSSR count). The second-order valence-electron chi connectivity index (χ2n) is 8.38. The lowest BCUT2D eigenvalue weighted by Crippen LogP contribution is -2.29. The van der Waals surface area contributed by atoms with Gasteiger partial charge >= 0.3 is 11.9 Å². The van der Waals surface area contributed by atoms with Crippen molar-refractivity contribution in [1.82, 2.24) is 35.7 Å². The minimum Gasteiger partial charge on any atom is -0.481 e. The Balaban J connectivity index is 1.57. The predicted molar refractivity (Wildman–Crippen MR) is 145 cm³/mol. The Kier molecular flexibility index (Phi) is 9.15. The molecule has 204 valence electrons. The number of esters is 1. The number of carbonyl (C=O) groups is 3. The van der Waals surface area contributed by atoms with Crippen molar-refractivity contribution in [1.29, 1.82) is 0 Å². The minimum absolute atomic E-state index is 0.0580. The molecule has 2 aromatic carbocycles. The van der Waals surface area contributed by atoms with Crippen LogP contribution in [0.3, 0.4) is 0 Å². The quantitative estimate of drug-likeness (QED) is 0.209. The van der Waals surface area contributed by atoms with Crippen LogP contribution >= 0.6 is 23.2 Å². The Morgan fingerprint density at radius 3 is 2.55 bits per heavy atom. The van der Waals surface area contributed by atoms with Gasteiger partial charge in [-0.3, -0.25) is 14.4 Å². The molecule has 1 amide bonds. The molecule has 1 atom stereocenters. The van der Waals surface area contributed by atoms with E-state index in [1.54, 1.807) is 48.5 Å². The average molecular weight is 582 g/mol. The molecule has 0 aliphatic rings. The van der Waals surface area contributed by atoms with Gasteiger partial charge in [0.2, 0.25) is 5.91 Å². The zero-order chi connectivity index (χ0) is 28.6. The lowest BCUT2D eigenvalue weighted by atomic mass is 10.0. The molecule has 1 unspecified atom stereocenters. The van der Waals surface area contributed by atoms with Crippen molar-refractivity contribution in [2.45, 2.75) is 18.9 Å². The smallest absolute Gasteiger partial charge is 0.309 e. The number of hydrogen-bond donors (Lipinski definition) is 2. The third-order valence-electron chi connectivity index (χ3n) is 5.67. The van der Waals surface area contributed by atoms with E-state index in [2.05, 4.69) is 35.8 Å². The molecule has 2 N–H and O–H groups in total. The highest BCUT2D eigenvalue weighted by Gasteiger charge is 2.22. The molecule has 0 saturated carbocycles. The number of carboxylic acids is 1. The maximum absolute atomic E-state index is 12.9. The molecule has 2 aromatic heterocycles. The van der Waals surface area contributed by atoms with Gasteiger partial charge in [0.25, 0.3) is 0 Å². The fourth-order valence-corrected chi connectivity index (χ4v) is 4.15. The Bertz CT molecular complexity index is 1560. The van der Waals surface area contributed by atoms with Crippen LogP contribution in [0.5, 0.6) is 0 Å². The number of ether oxygens (including phenoxy) is 1. The summed E-state index contributed by atoms with van der Waals surface area (Å²) in [5.74, 6) is -2.12. The van der Waals surface area contributed by atoms with Crippen molar-refractivity contribution in [3.8, 4) is 16.9 Å². The highest BCUT2D eigenvalue weighted by molar-refractivity contribution is 6.31. The SMILES string of the molecule is COC(=O)Cc1ccc(-c2cc(C(CC(=O)O)NC(=O)/C=C/c3cc(Cl)ccc3-n3cnnn3)c(Cl)nn2)cc1. The van der Waals surface area contributed by atoms with Gasteiger partial charge in [-0.2, -0.15) is 4.68 Å². The minimum atomic E-state index is -1.16. The molecule has 14 heteroatoms. The van der Waals surface area contributed by atoms with E-state index in [0.717, 1.165) is 5.56 Å². The standard InChI is InChI=1S/C26H21Cl2N7O5/c1-40-25(39)10-15-2-4-16(5-3-15)20-12-19(26(28)32-31-20)21(13-24(37)38)30-23(36)9-6-17-11-18(27)7-8-22(17)35-14-29-33-34-35/h2-9,11-12,14,21H,10,13H2,1H3,(H,30,36)(H,37,38)/b9-6+. The molecule has 2 heterocycles. The van der Waals surface area contributed by atoms with Crippen molar-refractivity contribution < 1.29 is 24.2 Å². The zero-order valence-corrected chi connectivity index (χ0v) is 22.4. The van der Waals surface area contributed by atoms with E-state index >= 15 is 0 Å². The molecule has 0 radical (unpaired) electrons. The summed E-state index contributed by atoms with van der Waals surface area (Å²) in [6.45, 7) is 0. The molecule has 12 nitrogen and oxygen atoms in total. The number of benzene rings is 2. The summed E-state index contributed by atoms with van der Waals surface area (Å²) in [7, 11) is 1.31. The van der Waals surface area contributed by atoms with Crippen molar-refractivity contribution in [2.75, 3.05) is 7.11 Å². The van der Waals surface area contributed by atoms with E-state index in [9.17, 15) is 19.5 Å². The van der Waals surface area contributed by atoms with Crippen LogP contribution < -0.4 is 5.32 Å². The fourth-order valence-electron chi connectivity index (χ4n) is 3.75. The summed E-state index contributed by atoms with van der Waals surface area (Å²) in [5, 5.41) is 31.7. The summed E-state index contributed by atoms with van der Waals surface area (Å²) in [5.41, 5.74) is 3.18. The number of nitrogens with zero attached hydrogens (tertiary/aromatic N) is 6. The molecule has 40 heavy (non-hydrogen) atoms. The van der Waals surface area contributed by atoms with Gasteiger partial charge in [0.1, 0.15) is 6.33 Å². The molecule has 0 fully saturated rings. The number of methoxy groups -OCH3 is 1. The monoisotopic (exact) mass is 581 g/mol. The fraction of sp³-hybridized carbons (Fsp3) is 0.154. The first kappa shape index (κ1) is 28.3. The van der Waals surface area contributed by atoms with E-state index < -0.39 is 24.3 Å². The predicted octanol–water partition coefficient (Wildman–Crippen LogP) is 3.49. The van der Waals surface area contributed by atoms with Crippen molar-refractivity contribution in [3.05, 3.63) is 87.8 Å². The Hall–Kier alpha value is -4.68. The van der Waals surface area contributed by atoms with Crippen molar-refractivity contribution in [2.24, 2.45) is 0 Å². The topological polar surface area (TPSA) is 162 Å². The van der Waals surface area contributed by atoms with Crippen LogP contribution in [-0.2, 0) is 25.5 Å². The second kappa shape index (κ2) is 12.9. The molecular weight excluding hydrogens is 561 g/mol. The molecule has 0 bridgehead atoms. The van der Waals surface area contributed by atoms with Gasteiger partial charge in [0.15, 0.2) is 5.15 Å². The van der Waals surface area contributed by atoms with Gasteiger partial charge in [-0.05, 0) is 46.3 Å². The van der Waals surface area contributed by atoms with Gasteiger partial charge in [-0.25, -0.2) is 0 Å². The Morgan fingerprint density at radius 2 is 1.88 bits per heavy atom. The van der Waals surface area contributed by atoms with Gasteiger partial charge < -0.3 is 15.2 Å². The largest absolute Gasteiger partial charge is 0.481 e. The lowest BCUT2D eigenvalue weighted by molar-refractivity contribution is -0.140. The van der Waals surface area contributed by atoms with E-state index in [1.807, 2.05) is 0 Å². The zero-order valence-electron chi connectivity index (χ0n) is 20.9.